The molecule has 104 valence electrons. The van der Waals surface area contributed by atoms with E-state index >= 15 is 0 Å². The number of benzene rings is 1. The summed E-state index contributed by atoms with van der Waals surface area (Å²) in [7, 11) is 0. The summed E-state index contributed by atoms with van der Waals surface area (Å²) in [6, 6.07) is 9.55. The molecule has 0 spiro atoms. The van der Waals surface area contributed by atoms with Crippen molar-refractivity contribution in [2.75, 3.05) is 5.32 Å². The maximum absolute atomic E-state index is 11.4. The minimum Gasteiger partial charge on any atom is -0.365 e. The molecule has 20 heavy (non-hydrogen) atoms. The number of aromatic nitrogens is 1. The van der Waals surface area contributed by atoms with Gasteiger partial charge in [-0.05, 0) is 24.1 Å². The van der Waals surface area contributed by atoms with E-state index in [9.17, 15) is 4.79 Å². The van der Waals surface area contributed by atoms with Gasteiger partial charge >= 0.3 is 0 Å². The second-order valence-electron chi connectivity index (χ2n) is 4.45. The molecule has 3 N–H and O–H groups in total. The number of nitrogens with two attached hydrogens (primary N) is 1. The first-order chi connectivity index (χ1) is 9.61. The molecule has 0 saturated carbocycles. The Balaban J connectivity index is 2.39. The number of rotatable bonds is 5. The molecule has 0 aliphatic rings. The van der Waals surface area contributed by atoms with Crippen molar-refractivity contribution in [1.29, 1.82) is 0 Å². The summed E-state index contributed by atoms with van der Waals surface area (Å²) in [4.78, 5) is 15.3. The molecule has 0 aliphatic heterocycles. The molecule has 0 fully saturated rings. The Bertz CT molecular complexity index is 628. The number of halogens is 1. The fraction of sp³-hybridized carbons (Fsp3) is 0.200. The largest absolute Gasteiger partial charge is 0.365 e. The first-order valence-corrected chi connectivity index (χ1v) is 6.80. The van der Waals surface area contributed by atoms with Gasteiger partial charge in [0.05, 0.1) is 11.3 Å². The molecule has 0 unspecified atom stereocenters. The minimum atomic E-state index is -0.537. The maximum Gasteiger partial charge on any atom is 0.252 e. The highest BCUT2D eigenvalue weighted by Gasteiger charge is 2.11. The monoisotopic (exact) mass is 289 g/mol. The number of para-hydroxylation sites is 1. The Labute approximate surface area is 123 Å². The third-order valence-electron chi connectivity index (χ3n) is 2.94. The summed E-state index contributed by atoms with van der Waals surface area (Å²) in [5.41, 5.74) is 8.37. The second kappa shape index (κ2) is 6.39. The Hall–Kier alpha value is -2.07. The van der Waals surface area contributed by atoms with Gasteiger partial charge in [0.1, 0.15) is 5.15 Å². The lowest BCUT2D eigenvalue weighted by Crippen LogP contribution is -2.14. The lowest BCUT2D eigenvalue weighted by molar-refractivity contribution is 0.100. The number of nitrogens with zero attached hydrogens (tertiary/aromatic N) is 1. The molecule has 4 nitrogen and oxygen atoms in total. The molecule has 1 heterocycles. The van der Waals surface area contributed by atoms with Crippen LogP contribution in [0.1, 0.15) is 29.3 Å². The number of aryl methyl sites for hydroxylation is 1. The van der Waals surface area contributed by atoms with E-state index in [1.807, 2.05) is 18.2 Å². The first-order valence-electron chi connectivity index (χ1n) is 6.42. The van der Waals surface area contributed by atoms with Crippen molar-refractivity contribution < 1.29 is 4.79 Å². The van der Waals surface area contributed by atoms with Gasteiger partial charge in [-0.15, -0.1) is 0 Å². The van der Waals surface area contributed by atoms with E-state index in [0.717, 1.165) is 18.5 Å². The normalized spacial score (nSPS) is 10.3. The van der Waals surface area contributed by atoms with Crippen LogP contribution in [0.4, 0.5) is 11.4 Å². The van der Waals surface area contributed by atoms with Gasteiger partial charge in [0, 0.05) is 11.9 Å². The van der Waals surface area contributed by atoms with Gasteiger partial charge in [-0.25, -0.2) is 4.98 Å². The lowest BCUT2D eigenvalue weighted by atomic mass is 10.1. The fourth-order valence-electron chi connectivity index (χ4n) is 2.00. The summed E-state index contributed by atoms with van der Waals surface area (Å²) < 4.78 is 0. The molecule has 1 amide bonds. The van der Waals surface area contributed by atoms with E-state index in [1.165, 1.54) is 11.8 Å². The first kappa shape index (κ1) is 14.3. The summed E-state index contributed by atoms with van der Waals surface area (Å²) in [6.45, 7) is 2.12. The number of amides is 1. The average molecular weight is 290 g/mol. The molecule has 0 saturated heterocycles. The molecule has 5 heteroatoms. The van der Waals surface area contributed by atoms with E-state index in [2.05, 4.69) is 23.3 Å². The van der Waals surface area contributed by atoms with Gasteiger partial charge in [-0.2, -0.15) is 0 Å². The lowest BCUT2D eigenvalue weighted by Gasteiger charge is -2.13. The Morgan fingerprint density at radius 2 is 2.10 bits per heavy atom. The van der Waals surface area contributed by atoms with Crippen LogP contribution < -0.4 is 11.1 Å². The zero-order valence-electron chi connectivity index (χ0n) is 11.2. The van der Waals surface area contributed by atoms with Gasteiger partial charge in [0.25, 0.3) is 5.91 Å². The Kier molecular flexibility index (Phi) is 4.58. The highest BCUT2D eigenvalue weighted by molar-refractivity contribution is 6.29. The smallest absolute Gasteiger partial charge is 0.252 e. The van der Waals surface area contributed by atoms with Crippen LogP contribution in [0.3, 0.4) is 0 Å². The van der Waals surface area contributed by atoms with E-state index in [1.54, 1.807) is 6.07 Å². The van der Waals surface area contributed by atoms with Gasteiger partial charge in [-0.1, -0.05) is 43.1 Å². The molecule has 2 rings (SSSR count). The number of pyridine rings is 1. The summed E-state index contributed by atoms with van der Waals surface area (Å²) >= 11 is 5.89. The topological polar surface area (TPSA) is 68.0 Å². The number of anilines is 2. The van der Waals surface area contributed by atoms with Crippen LogP contribution >= 0.6 is 11.6 Å². The molecule has 0 atom stereocenters. The van der Waals surface area contributed by atoms with Crippen LogP contribution in [0.5, 0.6) is 0 Å². The SMILES string of the molecule is CCCc1ccccc1Nc1cc(Cl)ncc1C(N)=O. The highest BCUT2D eigenvalue weighted by Crippen LogP contribution is 2.26. The number of hydrogen-bond donors (Lipinski definition) is 2. The number of hydrogen-bond acceptors (Lipinski definition) is 3. The van der Waals surface area contributed by atoms with Crippen molar-refractivity contribution in [3.05, 3.63) is 52.8 Å². The Morgan fingerprint density at radius 3 is 2.80 bits per heavy atom. The van der Waals surface area contributed by atoms with E-state index in [4.69, 9.17) is 17.3 Å². The second-order valence-corrected chi connectivity index (χ2v) is 4.84. The zero-order valence-corrected chi connectivity index (χ0v) is 11.9. The molecular formula is C15H16ClN3O. The third kappa shape index (κ3) is 3.27. The van der Waals surface area contributed by atoms with E-state index in [0.29, 0.717) is 16.4 Å². The molecule has 1 aromatic heterocycles. The van der Waals surface area contributed by atoms with E-state index in [-0.39, 0.29) is 0 Å². The quantitative estimate of drug-likeness (QED) is 0.827. The standard InChI is InChI=1S/C15H16ClN3O/c1-2-5-10-6-3-4-7-12(10)19-13-8-14(16)18-9-11(13)15(17)20/h3-4,6-9H,2,5H2,1H3,(H2,17,20)(H,18,19). The van der Waals surface area contributed by atoms with Gasteiger partial charge < -0.3 is 11.1 Å². The van der Waals surface area contributed by atoms with Gasteiger partial charge in [0.15, 0.2) is 0 Å². The van der Waals surface area contributed by atoms with Crippen molar-refractivity contribution >= 4 is 28.9 Å². The summed E-state index contributed by atoms with van der Waals surface area (Å²) in [5.74, 6) is -0.537. The van der Waals surface area contributed by atoms with Gasteiger partial charge in [-0.3, -0.25) is 4.79 Å². The van der Waals surface area contributed by atoms with E-state index < -0.39 is 5.91 Å². The molecule has 2 aromatic rings. The predicted molar refractivity (Wildman–Crippen MR) is 81.5 cm³/mol. The summed E-state index contributed by atoms with van der Waals surface area (Å²) in [5, 5.41) is 3.53. The van der Waals surface area contributed by atoms with Crippen LogP contribution in [-0.2, 0) is 6.42 Å². The number of carbonyl (C=O) groups excluding carboxylic acids is 1. The van der Waals surface area contributed by atoms with Gasteiger partial charge in [0.2, 0.25) is 0 Å². The van der Waals surface area contributed by atoms with Crippen LogP contribution in [0.2, 0.25) is 5.15 Å². The Morgan fingerprint density at radius 1 is 1.35 bits per heavy atom. The van der Waals surface area contributed by atoms with Crippen molar-refractivity contribution in [3.8, 4) is 0 Å². The summed E-state index contributed by atoms with van der Waals surface area (Å²) in [6.07, 6.45) is 3.38. The number of carbonyl (C=O) groups is 1. The average Bonchev–Trinajstić information content (AvgIpc) is 2.41. The van der Waals surface area contributed by atoms with Crippen molar-refractivity contribution in [2.24, 2.45) is 5.73 Å². The third-order valence-corrected chi connectivity index (χ3v) is 3.15. The molecule has 1 aromatic carbocycles. The van der Waals surface area contributed by atoms with Crippen molar-refractivity contribution in [2.45, 2.75) is 19.8 Å². The molecule has 0 radical (unpaired) electrons. The number of primary amides is 1. The van der Waals surface area contributed by atoms with Crippen molar-refractivity contribution in [1.82, 2.24) is 4.98 Å². The zero-order chi connectivity index (χ0) is 14.5. The minimum absolute atomic E-state index is 0.311. The van der Waals surface area contributed by atoms with Crippen LogP contribution in [0, 0.1) is 0 Å². The highest BCUT2D eigenvalue weighted by atomic mass is 35.5. The van der Waals surface area contributed by atoms with Crippen LogP contribution in [0.15, 0.2) is 36.5 Å². The van der Waals surface area contributed by atoms with Crippen LogP contribution in [0.25, 0.3) is 0 Å². The molecule has 0 bridgehead atoms. The van der Waals surface area contributed by atoms with Crippen molar-refractivity contribution in [3.63, 3.8) is 0 Å². The number of nitrogens with one attached hydrogen (secondary N) is 1. The fourth-order valence-corrected chi connectivity index (χ4v) is 2.16. The molecule has 0 aliphatic carbocycles. The predicted octanol–water partition coefficient (Wildman–Crippen LogP) is 3.53. The molecular weight excluding hydrogens is 274 g/mol. The maximum atomic E-state index is 11.4. The van der Waals surface area contributed by atoms with Crippen LogP contribution in [-0.4, -0.2) is 10.9 Å².